The van der Waals surface area contributed by atoms with Crippen molar-refractivity contribution in [3.05, 3.63) is 54.1 Å². The molecule has 0 atom stereocenters. The minimum absolute atomic E-state index is 0.0940. The SMILES string of the molecule is CCOc1ccc(NC(=O)C(C)(C)c2ccccc2)cc1S(=O)(=O)N1CCCC1. The molecule has 1 saturated heterocycles. The Morgan fingerprint density at radius 3 is 2.38 bits per heavy atom. The number of hydrogen-bond donors (Lipinski definition) is 1. The second-order valence-electron chi connectivity index (χ2n) is 7.65. The first-order valence-electron chi connectivity index (χ1n) is 9.91. The summed E-state index contributed by atoms with van der Waals surface area (Å²) < 4.78 is 33.3. The van der Waals surface area contributed by atoms with Gasteiger partial charge >= 0.3 is 0 Å². The number of carbonyl (C=O) groups excluding carboxylic acids is 1. The molecule has 7 heteroatoms. The minimum Gasteiger partial charge on any atom is -0.492 e. The van der Waals surface area contributed by atoms with Crippen molar-refractivity contribution in [3.8, 4) is 5.75 Å². The van der Waals surface area contributed by atoms with Crippen molar-refractivity contribution >= 4 is 21.6 Å². The van der Waals surface area contributed by atoms with Crippen LogP contribution in [0.1, 0.15) is 39.2 Å². The number of hydrogen-bond acceptors (Lipinski definition) is 4. The number of nitrogens with zero attached hydrogens (tertiary/aromatic N) is 1. The third kappa shape index (κ3) is 4.46. The van der Waals surface area contributed by atoms with Gasteiger partial charge in [-0.15, -0.1) is 0 Å². The molecular formula is C22H28N2O4S. The van der Waals surface area contributed by atoms with Crippen LogP contribution in [0.25, 0.3) is 0 Å². The van der Waals surface area contributed by atoms with E-state index in [2.05, 4.69) is 5.32 Å². The second-order valence-corrected chi connectivity index (χ2v) is 9.56. The molecule has 1 aliphatic heterocycles. The van der Waals surface area contributed by atoms with Gasteiger partial charge in [-0.2, -0.15) is 4.31 Å². The number of carbonyl (C=O) groups is 1. The van der Waals surface area contributed by atoms with E-state index in [4.69, 9.17) is 4.74 Å². The van der Waals surface area contributed by atoms with E-state index < -0.39 is 15.4 Å². The zero-order chi connectivity index (χ0) is 21.1. The molecule has 6 nitrogen and oxygen atoms in total. The highest BCUT2D eigenvalue weighted by atomic mass is 32.2. The lowest BCUT2D eigenvalue weighted by atomic mass is 9.83. The summed E-state index contributed by atoms with van der Waals surface area (Å²) in [5, 5.41) is 2.88. The van der Waals surface area contributed by atoms with Crippen molar-refractivity contribution in [1.29, 1.82) is 0 Å². The zero-order valence-corrected chi connectivity index (χ0v) is 18.0. The minimum atomic E-state index is -3.68. The number of benzene rings is 2. The largest absolute Gasteiger partial charge is 0.492 e. The van der Waals surface area contributed by atoms with Crippen LogP contribution in [-0.4, -0.2) is 38.3 Å². The number of amides is 1. The van der Waals surface area contributed by atoms with Gasteiger partial charge in [-0.25, -0.2) is 8.42 Å². The molecule has 29 heavy (non-hydrogen) atoms. The van der Waals surface area contributed by atoms with Gasteiger partial charge in [0.25, 0.3) is 0 Å². The monoisotopic (exact) mass is 416 g/mol. The average Bonchev–Trinajstić information content (AvgIpc) is 3.25. The number of rotatable bonds is 7. The molecule has 1 aliphatic rings. The zero-order valence-electron chi connectivity index (χ0n) is 17.1. The summed E-state index contributed by atoms with van der Waals surface area (Å²) in [4.78, 5) is 13.1. The van der Waals surface area contributed by atoms with Crippen molar-refractivity contribution in [2.75, 3.05) is 25.0 Å². The van der Waals surface area contributed by atoms with Crippen LogP contribution in [0.15, 0.2) is 53.4 Å². The fraction of sp³-hybridized carbons (Fsp3) is 0.409. The number of sulfonamides is 1. The van der Waals surface area contributed by atoms with E-state index in [9.17, 15) is 13.2 Å². The quantitative estimate of drug-likeness (QED) is 0.745. The van der Waals surface area contributed by atoms with Crippen LogP contribution in [0.3, 0.4) is 0 Å². The maximum Gasteiger partial charge on any atom is 0.246 e. The van der Waals surface area contributed by atoms with Gasteiger partial charge in [-0.05, 0) is 57.4 Å². The van der Waals surface area contributed by atoms with E-state index in [0.717, 1.165) is 18.4 Å². The lowest BCUT2D eigenvalue weighted by molar-refractivity contribution is -0.120. The molecule has 0 bridgehead atoms. The maximum atomic E-state index is 13.1. The van der Waals surface area contributed by atoms with E-state index in [-0.39, 0.29) is 10.8 Å². The Labute approximate surface area is 172 Å². The molecular weight excluding hydrogens is 388 g/mol. The van der Waals surface area contributed by atoms with Crippen molar-refractivity contribution in [3.63, 3.8) is 0 Å². The molecule has 0 aromatic heterocycles. The Kier molecular flexibility index (Phi) is 6.29. The van der Waals surface area contributed by atoms with Crippen molar-refractivity contribution in [2.45, 2.75) is 43.9 Å². The van der Waals surface area contributed by atoms with Gasteiger partial charge in [0.05, 0.1) is 12.0 Å². The van der Waals surface area contributed by atoms with Gasteiger partial charge in [-0.1, -0.05) is 30.3 Å². The average molecular weight is 417 g/mol. The van der Waals surface area contributed by atoms with E-state index in [1.54, 1.807) is 12.1 Å². The lowest BCUT2D eigenvalue weighted by Crippen LogP contribution is -2.34. The van der Waals surface area contributed by atoms with Crippen LogP contribution in [0.4, 0.5) is 5.69 Å². The number of anilines is 1. The van der Waals surface area contributed by atoms with Gasteiger partial charge in [0.1, 0.15) is 10.6 Å². The highest BCUT2D eigenvalue weighted by molar-refractivity contribution is 7.89. The Hall–Kier alpha value is -2.38. The third-order valence-corrected chi connectivity index (χ3v) is 7.17. The van der Waals surface area contributed by atoms with Crippen molar-refractivity contribution < 1.29 is 17.9 Å². The highest BCUT2D eigenvalue weighted by Gasteiger charge is 2.32. The first-order chi connectivity index (χ1) is 13.8. The molecule has 3 rings (SSSR count). The van der Waals surface area contributed by atoms with E-state index in [1.165, 1.54) is 10.4 Å². The molecule has 0 radical (unpaired) electrons. The topological polar surface area (TPSA) is 75.7 Å². The molecule has 2 aromatic rings. The fourth-order valence-electron chi connectivity index (χ4n) is 3.40. The van der Waals surface area contributed by atoms with Gasteiger partial charge in [-0.3, -0.25) is 4.79 Å². The summed E-state index contributed by atoms with van der Waals surface area (Å²) in [5.74, 6) is 0.0945. The fourth-order valence-corrected chi connectivity index (χ4v) is 5.08. The molecule has 0 aliphatic carbocycles. The summed E-state index contributed by atoms with van der Waals surface area (Å²) in [7, 11) is -3.68. The van der Waals surface area contributed by atoms with E-state index in [1.807, 2.05) is 51.1 Å². The Morgan fingerprint density at radius 2 is 1.76 bits per heavy atom. The van der Waals surface area contributed by atoms with Crippen molar-refractivity contribution in [2.24, 2.45) is 0 Å². The van der Waals surface area contributed by atoms with E-state index in [0.29, 0.717) is 31.1 Å². The van der Waals surface area contributed by atoms with Crippen LogP contribution < -0.4 is 10.1 Å². The first-order valence-corrected chi connectivity index (χ1v) is 11.3. The lowest BCUT2D eigenvalue weighted by Gasteiger charge is -2.25. The summed E-state index contributed by atoms with van der Waals surface area (Å²) >= 11 is 0. The highest BCUT2D eigenvalue weighted by Crippen LogP contribution is 2.32. The van der Waals surface area contributed by atoms with E-state index >= 15 is 0 Å². The summed E-state index contributed by atoms with van der Waals surface area (Å²) in [6.45, 7) is 6.86. The second kappa shape index (κ2) is 8.55. The van der Waals surface area contributed by atoms with Crippen molar-refractivity contribution in [1.82, 2.24) is 4.31 Å². The Bertz CT molecular complexity index is 966. The molecule has 0 saturated carbocycles. The van der Waals surface area contributed by atoms with Crippen LogP contribution >= 0.6 is 0 Å². The van der Waals surface area contributed by atoms with Gasteiger partial charge < -0.3 is 10.1 Å². The van der Waals surface area contributed by atoms with Crippen LogP contribution in [0.2, 0.25) is 0 Å². The van der Waals surface area contributed by atoms with Crippen LogP contribution in [0, 0.1) is 0 Å². The summed E-state index contributed by atoms with van der Waals surface area (Å²) in [6, 6.07) is 14.3. The predicted molar refractivity (Wildman–Crippen MR) is 114 cm³/mol. The van der Waals surface area contributed by atoms with Gasteiger partial charge in [0.2, 0.25) is 15.9 Å². The first kappa shape index (κ1) is 21.3. The van der Waals surface area contributed by atoms with Crippen LogP contribution in [-0.2, 0) is 20.2 Å². The number of nitrogens with one attached hydrogen (secondary N) is 1. The third-order valence-electron chi connectivity index (χ3n) is 5.25. The molecule has 1 heterocycles. The number of ether oxygens (including phenoxy) is 1. The summed E-state index contributed by atoms with van der Waals surface area (Å²) in [5.41, 5.74) is 0.544. The maximum absolute atomic E-state index is 13.1. The Balaban J connectivity index is 1.92. The smallest absolute Gasteiger partial charge is 0.246 e. The van der Waals surface area contributed by atoms with Crippen LogP contribution in [0.5, 0.6) is 5.75 Å². The molecule has 1 amide bonds. The molecule has 156 valence electrons. The molecule has 0 unspecified atom stereocenters. The molecule has 1 N–H and O–H groups in total. The molecule has 2 aromatic carbocycles. The normalized spacial score (nSPS) is 15.3. The van der Waals surface area contributed by atoms with Gasteiger partial charge in [0, 0.05) is 18.8 Å². The standard InChI is InChI=1S/C22H28N2O4S/c1-4-28-19-13-12-18(16-20(19)29(26,27)24-14-8-9-15-24)23-21(25)22(2,3)17-10-6-5-7-11-17/h5-7,10-13,16H,4,8-9,14-15H2,1-3H3,(H,23,25). The van der Waals surface area contributed by atoms with Gasteiger partial charge in [0.15, 0.2) is 0 Å². The molecule has 0 spiro atoms. The predicted octanol–water partition coefficient (Wildman–Crippen LogP) is 3.79. The Morgan fingerprint density at radius 1 is 1.10 bits per heavy atom. The summed E-state index contributed by atoms with van der Waals surface area (Å²) in [6.07, 6.45) is 1.70. The molecule has 1 fully saturated rings.